The molecule has 0 radical (unpaired) electrons. The van der Waals surface area contributed by atoms with Gasteiger partial charge in [-0.3, -0.25) is 9.59 Å². The molecule has 0 saturated carbocycles. The number of carboxylic acid groups (broad SMARTS) is 1. The first-order chi connectivity index (χ1) is 10.7. The number of benzene rings is 1. The summed E-state index contributed by atoms with van der Waals surface area (Å²) < 4.78 is 27.4. The number of carbonyl (C=O) groups excluding carboxylic acids is 1. The molecule has 0 amide bonds. The van der Waals surface area contributed by atoms with Crippen LogP contribution in [0.1, 0.15) is 24.3 Å². The molecule has 8 heteroatoms. The molecule has 0 aliphatic carbocycles. The highest BCUT2D eigenvalue weighted by atomic mass is 35.5. The van der Waals surface area contributed by atoms with E-state index in [0.29, 0.717) is 0 Å². The molecule has 23 heavy (non-hydrogen) atoms. The number of halogens is 3. The number of rotatable bonds is 3. The molecule has 0 atom stereocenters. The van der Waals surface area contributed by atoms with E-state index in [1.807, 2.05) is 0 Å². The van der Waals surface area contributed by atoms with Crippen LogP contribution in [0.25, 0.3) is 0 Å². The molecule has 0 aliphatic heterocycles. The molecule has 0 saturated heterocycles. The van der Waals surface area contributed by atoms with E-state index in [-0.39, 0.29) is 22.1 Å². The van der Waals surface area contributed by atoms with Gasteiger partial charge in [-0.1, -0.05) is 23.7 Å². The quantitative estimate of drug-likeness (QED) is 0.823. The summed E-state index contributed by atoms with van der Waals surface area (Å²) in [7, 11) is 0. The Balaban J connectivity index is 0.000000593. The molecule has 1 heterocycles. The molecule has 5 nitrogen and oxygen atoms in total. The van der Waals surface area contributed by atoms with E-state index < -0.39 is 23.4 Å². The van der Waals surface area contributed by atoms with Crippen molar-refractivity contribution in [1.82, 2.24) is 4.98 Å². The molecule has 1 aromatic heterocycles. The number of aromatic nitrogens is 1. The molecule has 1 aromatic carbocycles. The van der Waals surface area contributed by atoms with Crippen molar-refractivity contribution in [3.8, 4) is 0 Å². The van der Waals surface area contributed by atoms with Gasteiger partial charge in [0.25, 0.3) is 5.97 Å². The summed E-state index contributed by atoms with van der Waals surface area (Å²) in [6, 6.07) is 5.80. The van der Waals surface area contributed by atoms with E-state index in [2.05, 4.69) is 10.3 Å². The number of anilines is 2. The number of hydrogen-bond donors (Lipinski definition) is 2. The number of para-hydroxylation sites is 1. The zero-order valence-corrected chi connectivity index (χ0v) is 13.0. The largest absolute Gasteiger partial charge is 0.481 e. The van der Waals surface area contributed by atoms with Gasteiger partial charge in [0.15, 0.2) is 11.6 Å². The summed E-state index contributed by atoms with van der Waals surface area (Å²) in [6.45, 7) is 2.32. The van der Waals surface area contributed by atoms with Crippen molar-refractivity contribution in [3.63, 3.8) is 0 Å². The zero-order valence-electron chi connectivity index (χ0n) is 12.2. The van der Waals surface area contributed by atoms with Crippen molar-refractivity contribution in [2.24, 2.45) is 0 Å². The van der Waals surface area contributed by atoms with Crippen LogP contribution in [0.2, 0.25) is 5.02 Å². The standard InChI is InChI=1S/C13H9ClF2N2O.C2H4O2/c1-7(19)13-11(14)12(16)10(6-17-13)18-9-5-3-2-4-8(9)15;1-2(3)4/h2-6,18H,1H3;1H3,(H,3,4). The minimum absolute atomic E-state index is 0.0924. The van der Waals surface area contributed by atoms with E-state index in [9.17, 15) is 13.6 Å². The Labute approximate surface area is 135 Å². The molecular weight excluding hydrogens is 330 g/mol. The minimum atomic E-state index is -0.842. The van der Waals surface area contributed by atoms with Gasteiger partial charge in [-0.25, -0.2) is 13.8 Å². The first kappa shape index (κ1) is 18.5. The van der Waals surface area contributed by atoms with Crippen LogP contribution >= 0.6 is 11.6 Å². The van der Waals surface area contributed by atoms with Crippen molar-refractivity contribution in [1.29, 1.82) is 0 Å². The fraction of sp³-hybridized carbons (Fsp3) is 0.133. The number of pyridine rings is 1. The van der Waals surface area contributed by atoms with Gasteiger partial charge in [0.2, 0.25) is 0 Å². The van der Waals surface area contributed by atoms with Gasteiger partial charge in [-0.2, -0.15) is 0 Å². The third kappa shape index (κ3) is 5.30. The van der Waals surface area contributed by atoms with Gasteiger partial charge in [-0.15, -0.1) is 0 Å². The number of carbonyl (C=O) groups is 2. The van der Waals surface area contributed by atoms with Crippen molar-refractivity contribution in [3.05, 3.63) is 52.8 Å². The normalized spacial score (nSPS) is 9.61. The Kier molecular flexibility index (Phi) is 6.59. The van der Waals surface area contributed by atoms with E-state index in [1.165, 1.54) is 25.1 Å². The van der Waals surface area contributed by atoms with E-state index in [1.54, 1.807) is 6.07 Å². The van der Waals surface area contributed by atoms with E-state index in [4.69, 9.17) is 21.5 Å². The molecule has 0 bridgehead atoms. The molecule has 2 N–H and O–H groups in total. The average Bonchev–Trinajstić information content (AvgIpc) is 2.45. The third-order valence-corrected chi connectivity index (χ3v) is 2.78. The lowest BCUT2D eigenvalue weighted by molar-refractivity contribution is -0.134. The van der Waals surface area contributed by atoms with Gasteiger partial charge in [-0.05, 0) is 12.1 Å². The summed E-state index contributed by atoms with van der Waals surface area (Å²) in [4.78, 5) is 23.9. The van der Waals surface area contributed by atoms with Crippen molar-refractivity contribution < 1.29 is 23.5 Å². The van der Waals surface area contributed by atoms with Gasteiger partial charge in [0.05, 0.1) is 17.6 Å². The van der Waals surface area contributed by atoms with Crippen molar-refractivity contribution in [2.45, 2.75) is 13.8 Å². The molecule has 0 spiro atoms. The lowest BCUT2D eigenvalue weighted by Gasteiger charge is -2.10. The van der Waals surface area contributed by atoms with Crippen LogP contribution in [0.3, 0.4) is 0 Å². The zero-order chi connectivity index (χ0) is 17.6. The monoisotopic (exact) mass is 342 g/mol. The second kappa shape index (κ2) is 8.19. The maximum absolute atomic E-state index is 13.9. The Bertz CT molecular complexity index is 735. The summed E-state index contributed by atoms with van der Waals surface area (Å²) >= 11 is 5.71. The summed E-state index contributed by atoms with van der Waals surface area (Å²) in [6.07, 6.45) is 1.10. The third-order valence-electron chi connectivity index (χ3n) is 2.44. The van der Waals surface area contributed by atoms with E-state index in [0.717, 1.165) is 13.1 Å². The van der Waals surface area contributed by atoms with Gasteiger partial charge in [0, 0.05) is 13.8 Å². The van der Waals surface area contributed by atoms with Gasteiger partial charge < -0.3 is 10.4 Å². The number of Topliss-reactive ketones (excluding diaryl/α,β-unsaturated/α-hetero) is 1. The molecule has 0 unspecified atom stereocenters. The molecule has 2 rings (SSSR count). The minimum Gasteiger partial charge on any atom is -0.481 e. The lowest BCUT2D eigenvalue weighted by atomic mass is 10.2. The number of nitrogens with zero attached hydrogens (tertiary/aromatic N) is 1. The summed E-state index contributed by atoms with van der Waals surface area (Å²) in [5.41, 5.74) is -0.159. The fourth-order valence-corrected chi connectivity index (χ4v) is 1.79. The van der Waals surface area contributed by atoms with Crippen molar-refractivity contribution in [2.75, 3.05) is 5.32 Å². The number of aliphatic carboxylic acids is 1. The van der Waals surface area contributed by atoms with Crippen LogP contribution in [0.15, 0.2) is 30.5 Å². The molecule has 0 fully saturated rings. The highest BCUT2D eigenvalue weighted by Crippen LogP contribution is 2.28. The van der Waals surface area contributed by atoms with Crippen LogP contribution < -0.4 is 5.32 Å². The maximum atomic E-state index is 13.9. The fourth-order valence-electron chi connectivity index (χ4n) is 1.50. The topological polar surface area (TPSA) is 79.3 Å². The predicted octanol–water partition coefficient (Wildman–Crippen LogP) is 4.05. The molecule has 122 valence electrons. The van der Waals surface area contributed by atoms with Crippen LogP contribution in [-0.2, 0) is 4.79 Å². The smallest absolute Gasteiger partial charge is 0.300 e. The summed E-state index contributed by atoms with van der Waals surface area (Å²) in [5, 5.41) is 9.58. The van der Waals surface area contributed by atoms with E-state index >= 15 is 0 Å². The Morgan fingerprint density at radius 3 is 2.26 bits per heavy atom. The Hall–Kier alpha value is -2.54. The van der Waals surface area contributed by atoms with Crippen LogP contribution in [0, 0.1) is 11.6 Å². The summed E-state index contributed by atoms with van der Waals surface area (Å²) in [5.74, 6) is -2.65. The lowest BCUT2D eigenvalue weighted by Crippen LogP contribution is -2.04. The Morgan fingerprint density at radius 2 is 1.74 bits per heavy atom. The number of carboxylic acids is 1. The highest BCUT2D eigenvalue weighted by molar-refractivity contribution is 6.34. The number of hydrogen-bond acceptors (Lipinski definition) is 4. The van der Waals surface area contributed by atoms with Crippen LogP contribution in [-0.4, -0.2) is 21.8 Å². The molecular formula is C15H13ClF2N2O3. The second-order valence-corrected chi connectivity index (χ2v) is 4.71. The maximum Gasteiger partial charge on any atom is 0.300 e. The van der Waals surface area contributed by atoms with Crippen LogP contribution in [0.5, 0.6) is 0 Å². The first-order valence-electron chi connectivity index (χ1n) is 6.30. The molecule has 0 aliphatic rings. The number of ketones is 1. The first-order valence-corrected chi connectivity index (χ1v) is 6.67. The van der Waals surface area contributed by atoms with Crippen LogP contribution in [0.4, 0.5) is 20.2 Å². The Morgan fingerprint density at radius 1 is 1.17 bits per heavy atom. The molecule has 2 aromatic rings. The SMILES string of the molecule is CC(=O)O.CC(=O)c1ncc(Nc2ccccc2F)c(F)c1Cl. The van der Waals surface area contributed by atoms with Crippen molar-refractivity contribution >= 4 is 34.7 Å². The van der Waals surface area contributed by atoms with Gasteiger partial charge >= 0.3 is 0 Å². The number of nitrogens with one attached hydrogen (secondary N) is 1. The van der Waals surface area contributed by atoms with Gasteiger partial charge in [0.1, 0.15) is 16.5 Å². The highest BCUT2D eigenvalue weighted by Gasteiger charge is 2.16. The predicted molar refractivity (Wildman–Crippen MR) is 82.2 cm³/mol. The second-order valence-electron chi connectivity index (χ2n) is 4.33. The average molecular weight is 343 g/mol.